The second kappa shape index (κ2) is 7.29. The van der Waals surface area contributed by atoms with Crippen LogP contribution in [0, 0.1) is 0 Å². The van der Waals surface area contributed by atoms with Gasteiger partial charge in [-0.2, -0.15) is 5.10 Å². The zero-order valence-electron chi connectivity index (χ0n) is 13.9. The Morgan fingerprint density at radius 3 is 2.46 bits per heavy atom. The summed E-state index contributed by atoms with van der Waals surface area (Å²) in [6, 6.07) is 11.1. The summed E-state index contributed by atoms with van der Waals surface area (Å²) in [4.78, 5) is 27.3. The topological polar surface area (TPSA) is 69.3 Å². The molecule has 1 aliphatic rings. The van der Waals surface area contributed by atoms with E-state index in [2.05, 4.69) is 39.4 Å². The summed E-state index contributed by atoms with van der Waals surface area (Å²) in [5.74, 6) is -0.216. The van der Waals surface area contributed by atoms with E-state index < -0.39 is 0 Å². The lowest BCUT2D eigenvalue weighted by Gasteiger charge is -2.29. The fourth-order valence-corrected chi connectivity index (χ4v) is 2.97. The maximum Gasteiger partial charge on any atom is 0.274 e. The van der Waals surface area contributed by atoms with Crippen LogP contribution in [0.3, 0.4) is 0 Å². The molecule has 1 aromatic heterocycles. The van der Waals surface area contributed by atoms with Gasteiger partial charge in [0.2, 0.25) is 0 Å². The average Bonchev–Trinajstić information content (AvgIpc) is 2.63. The van der Waals surface area contributed by atoms with E-state index in [-0.39, 0.29) is 17.2 Å². The van der Waals surface area contributed by atoms with Gasteiger partial charge in [-0.25, -0.2) is 5.10 Å². The Labute approximate surface area is 141 Å². The first kappa shape index (κ1) is 16.2. The molecule has 1 aromatic carbocycles. The van der Waals surface area contributed by atoms with Gasteiger partial charge in [-0.1, -0.05) is 12.1 Å². The Balaban J connectivity index is 1.63. The number of nitrogens with zero attached hydrogens (tertiary/aromatic N) is 3. The van der Waals surface area contributed by atoms with Crippen LogP contribution in [0.15, 0.2) is 41.2 Å². The normalized spacial score (nSPS) is 14.5. The first-order chi connectivity index (χ1) is 11.6. The number of piperidine rings is 1. The molecule has 0 saturated carbocycles. The molecule has 0 aliphatic carbocycles. The summed E-state index contributed by atoms with van der Waals surface area (Å²) in [6.07, 6.45) is 3.83. The van der Waals surface area contributed by atoms with Crippen LogP contribution < -0.4 is 10.5 Å². The number of hydrogen-bond acceptors (Lipinski definition) is 4. The zero-order valence-corrected chi connectivity index (χ0v) is 13.9. The summed E-state index contributed by atoms with van der Waals surface area (Å²) in [5.41, 5.74) is 2.23. The number of nitrogens with one attached hydrogen (secondary N) is 1. The Morgan fingerprint density at radius 1 is 1.12 bits per heavy atom. The molecule has 0 radical (unpaired) electrons. The van der Waals surface area contributed by atoms with Crippen LogP contribution in [0.5, 0.6) is 0 Å². The molecular weight excluding hydrogens is 304 g/mol. The van der Waals surface area contributed by atoms with Crippen LogP contribution >= 0.6 is 0 Å². The molecule has 2 aromatic rings. The molecule has 24 heavy (non-hydrogen) atoms. The number of carbonyl (C=O) groups is 1. The van der Waals surface area contributed by atoms with E-state index in [9.17, 15) is 9.59 Å². The zero-order chi connectivity index (χ0) is 16.9. The van der Waals surface area contributed by atoms with Gasteiger partial charge in [0.25, 0.3) is 11.5 Å². The van der Waals surface area contributed by atoms with Crippen molar-refractivity contribution in [3.05, 3.63) is 58.0 Å². The molecule has 0 unspecified atom stereocenters. The third-order valence-corrected chi connectivity index (χ3v) is 4.32. The standard InChI is InChI=1S/C18H22N4O2/c1-21(18(24)16-9-10-17(23)20-19-16)13-14-5-7-15(8-6-14)22-11-3-2-4-12-22/h5-10H,2-4,11-13H2,1H3,(H,20,23). The minimum atomic E-state index is -0.317. The minimum absolute atomic E-state index is 0.216. The van der Waals surface area contributed by atoms with E-state index >= 15 is 0 Å². The van der Waals surface area contributed by atoms with Crippen LogP contribution in [-0.4, -0.2) is 41.1 Å². The van der Waals surface area contributed by atoms with Crippen molar-refractivity contribution in [1.82, 2.24) is 15.1 Å². The minimum Gasteiger partial charge on any atom is -0.372 e. The molecule has 126 valence electrons. The lowest BCUT2D eigenvalue weighted by molar-refractivity contribution is 0.0778. The molecule has 2 heterocycles. The highest BCUT2D eigenvalue weighted by atomic mass is 16.2. The number of anilines is 1. The molecular formula is C18H22N4O2. The molecule has 0 atom stereocenters. The third kappa shape index (κ3) is 3.82. The van der Waals surface area contributed by atoms with E-state index in [4.69, 9.17) is 0 Å². The van der Waals surface area contributed by atoms with Gasteiger partial charge in [0, 0.05) is 38.4 Å². The SMILES string of the molecule is CN(Cc1ccc(N2CCCCC2)cc1)C(=O)c1ccc(=O)[nH]n1. The Kier molecular flexibility index (Phi) is 4.93. The predicted octanol–water partition coefficient (Wildman–Crippen LogP) is 2.03. The maximum atomic E-state index is 12.3. The lowest BCUT2D eigenvalue weighted by Crippen LogP contribution is -2.29. The highest BCUT2D eigenvalue weighted by Gasteiger charge is 2.14. The first-order valence-corrected chi connectivity index (χ1v) is 8.28. The van der Waals surface area contributed by atoms with Crippen LogP contribution in [0.25, 0.3) is 0 Å². The first-order valence-electron chi connectivity index (χ1n) is 8.28. The van der Waals surface area contributed by atoms with Gasteiger partial charge in [-0.15, -0.1) is 0 Å². The van der Waals surface area contributed by atoms with Crippen LogP contribution in [0.2, 0.25) is 0 Å². The largest absolute Gasteiger partial charge is 0.372 e. The Morgan fingerprint density at radius 2 is 1.83 bits per heavy atom. The van der Waals surface area contributed by atoms with Gasteiger partial charge in [-0.3, -0.25) is 9.59 Å². The monoisotopic (exact) mass is 326 g/mol. The van der Waals surface area contributed by atoms with Crippen molar-refractivity contribution in [1.29, 1.82) is 0 Å². The molecule has 6 heteroatoms. The van der Waals surface area contributed by atoms with Gasteiger partial charge >= 0.3 is 0 Å². The lowest BCUT2D eigenvalue weighted by atomic mass is 10.1. The van der Waals surface area contributed by atoms with Crippen molar-refractivity contribution in [3.8, 4) is 0 Å². The van der Waals surface area contributed by atoms with Gasteiger partial charge in [0.1, 0.15) is 5.69 Å². The number of hydrogen-bond donors (Lipinski definition) is 1. The summed E-state index contributed by atoms with van der Waals surface area (Å²) < 4.78 is 0. The molecule has 1 saturated heterocycles. The Bertz CT molecular complexity index is 728. The van der Waals surface area contributed by atoms with Crippen LogP contribution in [0.1, 0.15) is 35.3 Å². The van der Waals surface area contributed by atoms with E-state index in [1.54, 1.807) is 11.9 Å². The molecule has 6 nitrogen and oxygen atoms in total. The molecule has 0 spiro atoms. The fourth-order valence-electron chi connectivity index (χ4n) is 2.97. The van der Waals surface area contributed by atoms with Gasteiger partial charge in [0.15, 0.2) is 0 Å². The highest BCUT2D eigenvalue weighted by molar-refractivity contribution is 5.91. The molecule has 1 N–H and O–H groups in total. The fraction of sp³-hybridized carbons (Fsp3) is 0.389. The van der Waals surface area contributed by atoms with Gasteiger partial charge < -0.3 is 9.80 Å². The number of aromatic amines is 1. The maximum absolute atomic E-state index is 12.3. The second-order valence-electron chi connectivity index (χ2n) is 6.18. The number of benzene rings is 1. The molecule has 1 fully saturated rings. The van der Waals surface area contributed by atoms with E-state index in [1.807, 2.05) is 0 Å². The number of amides is 1. The van der Waals surface area contributed by atoms with Crippen molar-refractivity contribution >= 4 is 11.6 Å². The number of rotatable bonds is 4. The summed E-state index contributed by atoms with van der Waals surface area (Å²) in [6.45, 7) is 2.74. The van der Waals surface area contributed by atoms with Crippen molar-refractivity contribution in [2.24, 2.45) is 0 Å². The van der Waals surface area contributed by atoms with Crippen molar-refractivity contribution in [2.45, 2.75) is 25.8 Å². The van der Waals surface area contributed by atoms with Gasteiger partial charge in [0.05, 0.1) is 0 Å². The number of H-pyrrole nitrogens is 1. The quantitative estimate of drug-likeness (QED) is 0.933. The molecule has 1 aliphatic heterocycles. The van der Waals surface area contributed by atoms with Crippen molar-refractivity contribution in [3.63, 3.8) is 0 Å². The number of aromatic nitrogens is 2. The van der Waals surface area contributed by atoms with E-state index in [0.717, 1.165) is 18.7 Å². The average molecular weight is 326 g/mol. The third-order valence-electron chi connectivity index (χ3n) is 4.32. The van der Waals surface area contributed by atoms with Crippen LogP contribution in [0.4, 0.5) is 5.69 Å². The van der Waals surface area contributed by atoms with Gasteiger partial charge in [-0.05, 0) is 43.0 Å². The summed E-state index contributed by atoms with van der Waals surface area (Å²) >= 11 is 0. The predicted molar refractivity (Wildman–Crippen MR) is 93.2 cm³/mol. The smallest absolute Gasteiger partial charge is 0.274 e. The van der Waals surface area contributed by atoms with Crippen molar-refractivity contribution in [2.75, 3.05) is 25.0 Å². The van der Waals surface area contributed by atoms with Crippen LogP contribution in [-0.2, 0) is 6.54 Å². The highest BCUT2D eigenvalue weighted by Crippen LogP contribution is 2.20. The summed E-state index contributed by atoms with van der Waals surface area (Å²) in [7, 11) is 1.73. The van der Waals surface area contributed by atoms with Crippen molar-refractivity contribution < 1.29 is 4.79 Å². The number of carbonyl (C=O) groups excluding carboxylic acids is 1. The molecule has 0 bridgehead atoms. The van der Waals surface area contributed by atoms with E-state index in [1.165, 1.54) is 37.1 Å². The summed E-state index contributed by atoms with van der Waals surface area (Å²) in [5, 5.41) is 6.07. The molecule has 1 amide bonds. The Hall–Kier alpha value is -2.63. The van der Waals surface area contributed by atoms with E-state index in [0.29, 0.717) is 6.54 Å². The second-order valence-corrected chi connectivity index (χ2v) is 6.18. The molecule has 3 rings (SSSR count).